The summed E-state index contributed by atoms with van der Waals surface area (Å²) in [5, 5.41) is 0. The lowest BCUT2D eigenvalue weighted by Gasteiger charge is -2.30. The van der Waals surface area contributed by atoms with E-state index in [2.05, 4.69) is 24.3 Å². The van der Waals surface area contributed by atoms with Crippen molar-refractivity contribution in [3.63, 3.8) is 0 Å². The number of hydrogen-bond acceptors (Lipinski definition) is 2. The predicted molar refractivity (Wildman–Crippen MR) is 78.4 cm³/mol. The van der Waals surface area contributed by atoms with Crippen LogP contribution < -0.4 is 5.73 Å². The Morgan fingerprint density at radius 1 is 1.16 bits per heavy atom. The highest BCUT2D eigenvalue weighted by Gasteiger charge is 2.34. The fourth-order valence-corrected chi connectivity index (χ4v) is 3.82. The van der Waals surface area contributed by atoms with Crippen molar-refractivity contribution in [3.05, 3.63) is 35.4 Å². The molecule has 2 fully saturated rings. The monoisotopic (exact) mass is 259 g/mol. The molecule has 0 radical (unpaired) electrons. The molecule has 0 unspecified atom stereocenters. The SMILES string of the molecule is NCC1(c2cccc(C3CCOCC3)c2)CCCC1. The van der Waals surface area contributed by atoms with E-state index >= 15 is 0 Å². The molecule has 1 heterocycles. The summed E-state index contributed by atoms with van der Waals surface area (Å²) in [6.45, 7) is 2.62. The van der Waals surface area contributed by atoms with Crippen molar-refractivity contribution < 1.29 is 4.74 Å². The summed E-state index contributed by atoms with van der Waals surface area (Å²) < 4.78 is 5.47. The Kier molecular flexibility index (Phi) is 3.90. The van der Waals surface area contributed by atoms with Crippen molar-refractivity contribution in [2.45, 2.75) is 49.9 Å². The Morgan fingerprint density at radius 3 is 2.58 bits per heavy atom. The van der Waals surface area contributed by atoms with E-state index in [1.807, 2.05) is 0 Å². The zero-order valence-corrected chi connectivity index (χ0v) is 11.7. The van der Waals surface area contributed by atoms with Gasteiger partial charge in [-0.15, -0.1) is 0 Å². The minimum Gasteiger partial charge on any atom is -0.381 e. The van der Waals surface area contributed by atoms with E-state index in [0.717, 1.165) is 19.8 Å². The van der Waals surface area contributed by atoms with E-state index in [-0.39, 0.29) is 5.41 Å². The first-order valence-corrected chi connectivity index (χ1v) is 7.72. The molecular weight excluding hydrogens is 234 g/mol. The van der Waals surface area contributed by atoms with Crippen LogP contribution in [0.2, 0.25) is 0 Å². The Hall–Kier alpha value is -0.860. The van der Waals surface area contributed by atoms with Crippen molar-refractivity contribution in [3.8, 4) is 0 Å². The smallest absolute Gasteiger partial charge is 0.0471 e. The lowest BCUT2D eigenvalue weighted by molar-refractivity contribution is 0.0853. The standard InChI is InChI=1S/C17H25NO/c18-13-17(8-1-2-9-17)16-5-3-4-15(12-16)14-6-10-19-11-7-14/h3-5,12,14H,1-2,6-11,13,18H2. The molecule has 1 saturated heterocycles. The third-order valence-corrected chi connectivity index (χ3v) is 5.14. The van der Waals surface area contributed by atoms with Crippen LogP contribution >= 0.6 is 0 Å². The molecule has 1 aromatic carbocycles. The second-order valence-corrected chi connectivity index (χ2v) is 6.20. The summed E-state index contributed by atoms with van der Waals surface area (Å²) in [4.78, 5) is 0. The molecule has 1 aliphatic heterocycles. The zero-order chi connectivity index (χ0) is 13.1. The minimum atomic E-state index is 0.265. The second kappa shape index (κ2) is 5.64. The van der Waals surface area contributed by atoms with Gasteiger partial charge in [0.1, 0.15) is 0 Å². The van der Waals surface area contributed by atoms with Crippen LogP contribution in [0.4, 0.5) is 0 Å². The van der Waals surface area contributed by atoms with E-state index in [9.17, 15) is 0 Å². The molecule has 0 spiro atoms. The van der Waals surface area contributed by atoms with E-state index < -0.39 is 0 Å². The molecule has 0 bridgehead atoms. The highest BCUT2D eigenvalue weighted by atomic mass is 16.5. The molecule has 104 valence electrons. The molecule has 1 saturated carbocycles. The van der Waals surface area contributed by atoms with Crippen molar-refractivity contribution in [2.24, 2.45) is 5.73 Å². The fourth-order valence-electron chi connectivity index (χ4n) is 3.82. The normalized spacial score (nSPS) is 23.6. The van der Waals surface area contributed by atoms with Gasteiger partial charge in [-0.05, 0) is 42.7 Å². The van der Waals surface area contributed by atoms with Gasteiger partial charge in [0.05, 0.1) is 0 Å². The molecule has 0 atom stereocenters. The Bertz CT molecular complexity index is 417. The lowest BCUT2D eigenvalue weighted by Crippen LogP contribution is -2.32. The maximum Gasteiger partial charge on any atom is 0.0471 e. The first-order chi connectivity index (χ1) is 9.34. The molecule has 1 aromatic rings. The maximum atomic E-state index is 6.11. The molecular formula is C17H25NO. The van der Waals surface area contributed by atoms with Crippen LogP contribution in [0.5, 0.6) is 0 Å². The average Bonchev–Trinajstić information content (AvgIpc) is 2.98. The van der Waals surface area contributed by atoms with Crippen LogP contribution in [0.3, 0.4) is 0 Å². The van der Waals surface area contributed by atoms with Crippen LogP contribution in [0.15, 0.2) is 24.3 Å². The van der Waals surface area contributed by atoms with Gasteiger partial charge in [-0.3, -0.25) is 0 Å². The Morgan fingerprint density at radius 2 is 1.89 bits per heavy atom. The largest absolute Gasteiger partial charge is 0.381 e. The number of rotatable bonds is 3. The highest BCUT2D eigenvalue weighted by molar-refractivity contribution is 5.33. The first-order valence-electron chi connectivity index (χ1n) is 7.72. The van der Waals surface area contributed by atoms with Crippen molar-refractivity contribution >= 4 is 0 Å². The van der Waals surface area contributed by atoms with Gasteiger partial charge in [-0.2, -0.15) is 0 Å². The van der Waals surface area contributed by atoms with Crippen molar-refractivity contribution in [1.82, 2.24) is 0 Å². The summed E-state index contributed by atoms with van der Waals surface area (Å²) >= 11 is 0. The zero-order valence-electron chi connectivity index (χ0n) is 11.7. The van der Waals surface area contributed by atoms with Gasteiger partial charge in [0, 0.05) is 25.2 Å². The van der Waals surface area contributed by atoms with Gasteiger partial charge in [0.2, 0.25) is 0 Å². The molecule has 2 aliphatic rings. The highest BCUT2D eigenvalue weighted by Crippen LogP contribution is 2.41. The summed E-state index contributed by atoms with van der Waals surface area (Å²) in [5.41, 5.74) is 9.36. The van der Waals surface area contributed by atoms with Gasteiger partial charge < -0.3 is 10.5 Å². The van der Waals surface area contributed by atoms with Crippen LogP contribution in [0, 0.1) is 0 Å². The van der Waals surface area contributed by atoms with Gasteiger partial charge in [-0.1, -0.05) is 37.1 Å². The summed E-state index contributed by atoms with van der Waals surface area (Å²) in [5.74, 6) is 0.685. The Balaban J connectivity index is 1.86. The summed E-state index contributed by atoms with van der Waals surface area (Å²) in [6, 6.07) is 9.25. The molecule has 19 heavy (non-hydrogen) atoms. The van der Waals surface area contributed by atoms with E-state index in [1.165, 1.54) is 49.7 Å². The van der Waals surface area contributed by atoms with Gasteiger partial charge in [0.25, 0.3) is 0 Å². The number of hydrogen-bond donors (Lipinski definition) is 1. The van der Waals surface area contributed by atoms with Gasteiger partial charge in [0.15, 0.2) is 0 Å². The van der Waals surface area contributed by atoms with Gasteiger partial charge in [-0.25, -0.2) is 0 Å². The quantitative estimate of drug-likeness (QED) is 0.903. The van der Waals surface area contributed by atoms with Gasteiger partial charge >= 0.3 is 0 Å². The topological polar surface area (TPSA) is 35.2 Å². The van der Waals surface area contributed by atoms with Crippen LogP contribution in [0.25, 0.3) is 0 Å². The molecule has 1 aliphatic carbocycles. The Labute approximate surface area is 116 Å². The molecule has 2 nitrogen and oxygen atoms in total. The summed E-state index contributed by atoms with van der Waals surface area (Å²) in [7, 11) is 0. The fraction of sp³-hybridized carbons (Fsp3) is 0.647. The molecule has 3 rings (SSSR count). The van der Waals surface area contributed by atoms with Crippen LogP contribution in [-0.4, -0.2) is 19.8 Å². The number of benzene rings is 1. The third kappa shape index (κ3) is 2.56. The lowest BCUT2D eigenvalue weighted by atomic mass is 9.77. The van der Waals surface area contributed by atoms with Crippen LogP contribution in [-0.2, 0) is 10.2 Å². The van der Waals surface area contributed by atoms with E-state index in [0.29, 0.717) is 5.92 Å². The summed E-state index contributed by atoms with van der Waals surface area (Å²) in [6.07, 6.45) is 7.52. The molecule has 2 heteroatoms. The molecule has 0 aromatic heterocycles. The van der Waals surface area contributed by atoms with E-state index in [4.69, 9.17) is 10.5 Å². The molecule has 0 amide bonds. The van der Waals surface area contributed by atoms with E-state index in [1.54, 1.807) is 0 Å². The molecule has 2 N–H and O–H groups in total. The van der Waals surface area contributed by atoms with Crippen molar-refractivity contribution in [2.75, 3.05) is 19.8 Å². The number of ether oxygens (including phenoxy) is 1. The first kappa shape index (κ1) is 13.1. The second-order valence-electron chi connectivity index (χ2n) is 6.20. The average molecular weight is 259 g/mol. The maximum absolute atomic E-state index is 6.11. The van der Waals surface area contributed by atoms with Crippen molar-refractivity contribution in [1.29, 1.82) is 0 Å². The minimum absolute atomic E-state index is 0.265. The third-order valence-electron chi connectivity index (χ3n) is 5.14. The van der Waals surface area contributed by atoms with Crippen LogP contribution in [0.1, 0.15) is 55.6 Å². The predicted octanol–water partition coefficient (Wildman–Crippen LogP) is 3.35. The number of nitrogens with two attached hydrogens (primary N) is 1.